The summed E-state index contributed by atoms with van der Waals surface area (Å²) in [5.41, 5.74) is 11.9. The first kappa shape index (κ1) is 13.9. The van der Waals surface area contributed by atoms with E-state index in [4.69, 9.17) is 16.6 Å². The van der Waals surface area contributed by atoms with Crippen LogP contribution in [0.5, 0.6) is 5.75 Å². The molecule has 0 saturated heterocycles. The number of phenolic OH excluding ortho intramolecular Hbond substituents is 1. The number of hydrogen-bond donors (Lipinski definition) is 3. The van der Waals surface area contributed by atoms with Crippen LogP contribution in [0.4, 0.5) is 5.69 Å². The molecule has 5 heteroatoms. The third-order valence-corrected chi connectivity index (χ3v) is 1.33. The van der Waals surface area contributed by atoms with Crippen molar-refractivity contribution in [2.45, 2.75) is 6.54 Å². The number of benzene rings is 1. The summed E-state index contributed by atoms with van der Waals surface area (Å²) in [7, 11) is 0. The van der Waals surface area contributed by atoms with Crippen LogP contribution in [0.1, 0.15) is 5.56 Å². The molecule has 1 rings (SSSR count). The molecular formula is C7H12Cl2N2O. The van der Waals surface area contributed by atoms with E-state index in [2.05, 4.69) is 0 Å². The maximum absolute atomic E-state index is 9.05. The van der Waals surface area contributed by atoms with Crippen LogP contribution in [0.25, 0.3) is 0 Å². The lowest BCUT2D eigenvalue weighted by Crippen LogP contribution is -1.96. The molecule has 12 heavy (non-hydrogen) atoms. The second-order valence-corrected chi connectivity index (χ2v) is 2.10. The van der Waals surface area contributed by atoms with E-state index in [0.29, 0.717) is 12.2 Å². The molecule has 3 nitrogen and oxygen atoms in total. The van der Waals surface area contributed by atoms with Crippen molar-refractivity contribution in [3.63, 3.8) is 0 Å². The molecule has 0 heterocycles. The lowest BCUT2D eigenvalue weighted by Gasteiger charge is -1.99. The highest BCUT2D eigenvalue weighted by molar-refractivity contribution is 5.85. The van der Waals surface area contributed by atoms with Gasteiger partial charge in [0.25, 0.3) is 0 Å². The van der Waals surface area contributed by atoms with Gasteiger partial charge in [-0.1, -0.05) is 6.07 Å². The minimum Gasteiger partial charge on any atom is -0.506 e. The van der Waals surface area contributed by atoms with Gasteiger partial charge in [-0.05, 0) is 17.7 Å². The second kappa shape index (κ2) is 5.94. The molecule has 0 radical (unpaired) electrons. The van der Waals surface area contributed by atoms with E-state index >= 15 is 0 Å². The van der Waals surface area contributed by atoms with Crippen molar-refractivity contribution in [2.75, 3.05) is 5.73 Å². The average Bonchev–Trinajstić information content (AvgIpc) is 1.95. The number of hydrogen-bond acceptors (Lipinski definition) is 3. The number of aromatic hydroxyl groups is 1. The van der Waals surface area contributed by atoms with E-state index in [1.807, 2.05) is 0 Å². The van der Waals surface area contributed by atoms with Gasteiger partial charge in [-0.3, -0.25) is 0 Å². The van der Waals surface area contributed by atoms with Crippen molar-refractivity contribution in [3.05, 3.63) is 23.8 Å². The number of rotatable bonds is 1. The monoisotopic (exact) mass is 210 g/mol. The van der Waals surface area contributed by atoms with Crippen LogP contribution in [-0.4, -0.2) is 5.11 Å². The zero-order chi connectivity index (χ0) is 7.56. The predicted molar refractivity (Wildman–Crippen MR) is 54.9 cm³/mol. The van der Waals surface area contributed by atoms with Crippen molar-refractivity contribution in [1.82, 2.24) is 0 Å². The van der Waals surface area contributed by atoms with E-state index in [9.17, 15) is 0 Å². The largest absolute Gasteiger partial charge is 0.506 e. The van der Waals surface area contributed by atoms with Gasteiger partial charge in [-0.15, -0.1) is 24.8 Å². The topological polar surface area (TPSA) is 72.3 Å². The number of phenols is 1. The van der Waals surface area contributed by atoms with E-state index < -0.39 is 0 Å². The zero-order valence-corrected chi connectivity index (χ0v) is 7.99. The summed E-state index contributed by atoms with van der Waals surface area (Å²) in [6.45, 7) is 0.424. The van der Waals surface area contributed by atoms with Gasteiger partial charge in [0.05, 0.1) is 5.69 Å². The molecule has 0 unspecified atom stereocenters. The summed E-state index contributed by atoms with van der Waals surface area (Å²) in [6, 6.07) is 4.99. The standard InChI is InChI=1S/C7H10N2O.2ClH/c8-4-5-1-2-6(9)7(10)3-5;;/h1-3,10H,4,8-9H2;2*1H. The molecule has 0 fully saturated rings. The molecule has 0 atom stereocenters. The zero-order valence-electron chi connectivity index (χ0n) is 6.36. The molecule has 0 saturated carbocycles. The van der Waals surface area contributed by atoms with Gasteiger partial charge < -0.3 is 16.6 Å². The van der Waals surface area contributed by atoms with Crippen molar-refractivity contribution in [2.24, 2.45) is 5.73 Å². The van der Waals surface area contributed by atoms with Gasteiger partial charge in [0.1, 0.15) is 5.75 Å². The maximum atomic E-state index is 9.05. The molecule has 0 aliphatic rings. The molecule has 1 aromatic carbocycles. The molecule has 0 bridgehead atoms. The van der Waals surface area contributed by atoms with Crippen molar-refractivity contribution in [3.8, 4) is 5.75 Å². The quantitative estimate of drug-likeness (QED) is 0.483. The molecule has 0 aliphatic carbocycles. The van der Waals surface area contributed by atoms with Gasteiger partial charge in [-0.2, -0.15) is 0 Å². The van der Waals surface area contributed by atoms with Gasteiger partial charge in [0.2, 0.25) is 0 Å². The van der Waals surface area contributed by atoms with Crippen LogP contribution in [-0.2, 0) is 6.54 Å². The molecule has 70 valence electrons. The Hall–Kier alpha value is -0.640. The van der Waals surface area contributed by atoms with E-state index in [1.54, 1.807) is 18.2 Å². The summed E-state index contributed by atoms with van der Waals surface area (Å²) >= 11 is 0. The Morgan fingerprint density at radius 1 is 1.25 bits per heavy atom. The predicted octanol–water partition coefficient (Wildman–Crippen LogP) is 1.28. The van der Waals surface area contributed by atoms with E-state index in [-0.39, 0.29) is 30.6 Å². The van der Waals surface area contributed by atoms with Crippen LogP contribution in [0.2, 0.25) is 0 Å². The fourth-order valence-corrected chi connectivity index (χ4v) is 0.716. The molecule has 5 N–H and O–H groups in total. The molecule has 0 aromatic heterocycles. The first-order chi connectivity index (χ1) is 4.74. The lowest BCUT2D eigenvalue weighted by molar-refractivity contribution is 0.477. The highest BCUT2D eigenvalue weighted by Crippen LogP contribution is 2.19. The molecule has 0 amide bonds. The summed E-state index contributed by atoms with van der Waals surface area (Å²) in [5.74, 6) is 0.1000. The Labute approximate surface area is 83.6 Å². The minimum atomic E-state index is 0. The van der Waals surface area contributed by atoms with Crippen molar-refractivity contribution in [1.29, 1.82) is 0 Å². The highest BCUT2D eigenvalue weighted by Gasteiger charge is 1.95. The summed E-state index contributed by atoms with van der Waals surface area (Å²) < 4.78 is 0. The van der Waals surface area contributed by atoms with E-state index in [0.717, 1.165) is 5.56 Å². The molecule has 1 aromatic rings. The van der Waals surface area contributed by atoms with Crippen LogP contribution in [0, 0.1) is 0 Å². The third-order valence-electron chi connectivity index (χ3n) is 1.33. The summed E-state index contributed by atoms with van der Waals surface area (Å²) in [6.07, 6.45) is 0. The number of nitrogen functional groups attached to an aromatic ring is 1. The van der Waals surface area contributed by atoms with Crippen molar-refractivity contribution < 1.29 is 5.11 Å². The third kappa shape index (κ3) is 3.17. The van der Waals surface area contributed by atoms with Crippen LogP contribution in [0.3, 0.4) is 0 Å². The Morgan fingerprint density at radius 3 is 2.25 bits per heavy atom. The van der Waals surface area contributed by atoms with Crippen LogP contribution < -0.4 is 11.5 Å². The number of anilines is 1. The molecular weight excluding hydrogens is 199 g/mol. The van der Waals surface area contributed by atoms with Gasteiger partial charge >= 0.3 is 0 Å². The maximum Gasteiger partial charge on any atom is 0.138 e. The lowest BCUT2D eigenvalue weighted by atomic mass is 10.2. The Bertz CT molecular complexity index is 243. The van der Waals surface area contributed by atoms with Gasteiger partial charge in [0, 0.05) is 6.54 Å². The van der Waals surface area contributed by atoms with E-state index in [1.165, 1.54) is 0 Å². The van der Waals surface area contributed by atoms with Crippen molar-refractivity contribution >= 4 is 30.5 Å². The van der Waals surface area contributed by atoms with Crippen LogP contribution in [0.15, 0.2) is 18.2 Å². The summed E-state index contributed by atoms with van der Waals surface area (Å²) in [4.78, 5) is 0. The normalized spacial score (nSPS) is 8.08. The smallest absolute Gasteiger partial charge is 0.138 e. The SMILES string of the molecule is Cl.Cl.NCc1ccc(N)c(O)c1. The fraction of sp³-hybridized carbons (Fsp3) is 0.143. The molecule has 0 aliphatic heterocycles. The number of nitrogens with two attached hydrogens (primary N) is 2. The Morgan fingerprint density at radius 2 is 1.83 bits per heavy atom. The fourth-order valence-electron chi connectivity index (χ4n) is 0.716. The minimum absolute atomic E-state index is 0. The Balaban J connectivity index is 0. The highest BCUT2D eigenvalue weighted by atomic mass is 35.5. The average molecular weight is 211 g/mol. The first-order valence-electron chi connectivity index (χ1n) is 3.01. The first-order valence-corrected chi connectivity index (χ1v) is 3.01. The second-order valence-electron chi connectivity index (χ2n) is 2.10. The molecule has 0 spiro atoms. The Kier molecular flexibility index (Phi) is 6.89. The van der Waals surface area contributed by atoms with Gasteiger partial charge in [0.15, 0.2) is 0 Å². The summed E-state index contributed by atoms with van der Waals surface area (Å²) in [5, 5.41) is 9.05. The van der Waals surface area contributed by atoms with Gasteiger partial charge in [-0.25, -0.2) is 0 Å². The van der Waals surface area contributed by atoms with Crippen LogP contribution >= 0.6 is 24.8 Å². The number of halogens is 2.